The molecule has 1 aliphatic rings. The fourth-order valence-electron chi connectivity index (χ4n) is 2.32. The first kappa shape index (κ1) is 16.0. The van der Waals surface area contributed by atoms with E-state index in [1.807, 2.05) is 13.8 Å². The smallest absolute Gasteiger partial charge is 0.325 e. The Morgan fingerprint density at radius 3 is 2.95 bits per heavy atom. The van der Waals surface area contributed by atoms with Gasteiger partial charge in [-0.2, -0.15) is 0 Å². The number of nitrogens with zero attached hydrogens (tertiary/aromatic N) is 1. The number of aromatic amines is 1. The molecule has 2 N–H and O–H groups in total. The maximum atomic E-state index is 12.1. The predicted octanol–water partition coefficient (Wildman–Crippen LogP) is 1.32. The molecule has 1 aromatic heterocycles. The summed E-state index contributed by atoms with van der Waals surface area (Å²) < 4.78 is 4.93. The van der Waals surface area contributed by atoms with E-state index >= 15 is 0 Å². The van der Waals surface area contributed by atoms with Crippen molar-refractivity contribution in [2.24, 2.45) is 0 Å². The van der Waals surface area contributed by atoms with E-state index in [0.29, 0.717) is 17.6 Å². The van der Waals surface area contributed by atoms with Crippen molar-refractivity contribution in [1.29, 1.82) is 0 Å². The second-order valence-electron chi connectivity index (χ2n) is 5.61. The lowest BCUT2D eigenvalue weighted by Gasteiger charge is -2.30. The van der Waals surface area contributed by atoms with Crippen molar-refractivity contribution < 1.29 is 9.53 Å². The van der Waals surface area contributed by atoms with Crippen molar-refractivity contribution in [3.8, 4) is 0 Å². The normalized spacial score (nSPS) is 18.8. The molecule has 0 amide bonds. The molecular formula is C14H21N3O3S. The molecule has 1 fully saturated rings. The molecule has 0 aromatic carbocycles. The zero-order valence-corrected chi connectivity index (χ0v) is 13.3. The Labute approximate surface area is 128 Å². The van der Waals surface area contributed by atoms with Gasteiger partial charge in [-0.3, -0.25) is 14.9 Å². The summed E-state index contributed by atoms with van der Waals surface area (Å²) in [6.07, 6.45) is 4.28. The Morgan fingerprint density at radius 2 is 2.38 bits per heavy atom. The zero-order valence-electron chi connectivity index (χ0n) is 12.5. The van der Waals surface area contributed by atoms with Gasteiger partial charge < -0.3 is 9.72 Å². The number of ether oxygens (including phenoxy) is 1. The molecular weight excluding hydrogens is 290 g/mol. The summed E-state index contributed by atoms with van der Waals surface area (Å²) in [5, 5.41) is 4.03. The summed E-state index contributed by atoms with van der Waals surface area (Å²) in [4.78, 5) is 30.1. The van der Waals surface area contributed by atoms with Gasteiger partial charge in [0.15, 0.2) is 5.16 Å². The number of esters is 1. The second kappa shape index (κ2) is 6.62. The Hall–Kier alpha value is -1.34. The van der Waals surface area contributed by atoms with Gasteiger partial charge in [-0.25, -0.2) is 4.98 Å². The summed E-state index contributed by atoms with van der Waals surface area (Å²) >= 11 is 1.45. The fourth-order valence-corrected chi connectivity index (χ4v) is 3.40. The topological polar surface area (TPSA) is 84.1 Å². The van der Waals surface area contributed by atoms with Gasteiger partial charge in [0.05, 0.1) is 7.11 Å². The summed E-state index contributed by atoms with van der Waals surface area (Å²) in [5.41, 5.74) is -0.885. The van der Waals surface area contributed by atoms with Gasteiger partial charge in [-0.15, -0.1) is 0 Å². The first-order valence-corrected chi connectivity index (χ1v) is 7.89. The van der Waals surface area contributed by atoms with E-state index in [9.17, 15) is 9.59 Å². The molecule has 1 saturated carbocycles. The third-order valence-corrected chi connectivity index (χ3v) is 4.39. The van der Waals surface area contributed by atoms with Crippen molar-refractivity contribution in [2.45, 2.75) is 55.1 Å². The molecule has 6 nitrogen and oxygen atoms in total. The predicted molar refractivity (Wildman–Crippen MR) is 81.4 cm³/mol. The van der Waals surface area contributed by atoms with E-state index in [-0.39, 0.29) is 16.8 Å². The minimum absolute atomic E-state index is 0.103. The Morgan fingerprint density at radius 1 is 1.67 bits per heavy atom. The van der Waals surface area contributed by atoms with Crippen LogP contribution in [0.15, 0.2) is 22.2 Å². The first-order chi connectivity index (χ1) is 9.93. The number of carbonyl (C=O) groups is 1. The van der Waals surface area contributed by atoms with Gasteiger partial charge in [0.25, 0.3) is 5.56 Å². The van der Waals surface area contributed by atoms with Gasteiger partial charge in [0, 0.05) is 23.6 Å². The molecule has 1 aliphatic carbocycles. The number of thioether (sulfide) groups is 1. The lowest BCUT2D eigenvalue weighted by molar-refractivity contribution is -0.148. The summed E-state index contributed by atoms with van der Waals surface area (Å²) in [6.45, 7) is 3.88. The lowest BCUT2D eigenvalue weighted by atomic mass is 9.96. The van der Waals surface area contributed by atoms with Crippen LogP contribution in [0, 0.1) is 0 Å². The van der Waals surface area contributed by atoms with E-state index in [1.165, 1.54) is 31.1 Å². The molecule has 0 spiro atoms. The van der Waals surface area contributed by atoms with Crippen LogP contribution in [-0.2, 0) is 9.53 Å². The third-order valence-electron chi connectivity index (χ3n) is 3.39. The number of carbonyl (C=O) groups excluding carboxylic acids is 1. The molecule has 0 aliphatic heterocycles. The number of aromatic nitrogens is 2. The minimum atomic E-state index is -0.711. The SMILES string of the molecule is COC(=O)C(C)(CC(C)Sc1nccc(=O)[nH]1)NC1CC1. The molecule has 2 unspecified atom stereocenters. The molecule has 7 heteroatoms. The second-order valence-corrected chi connectivity index (χ2v) is 7.04. The highest BCUT2D eigenvalue weighted by molar-refractivity contribution is 7.99. The van der Waals surface area contributed by atoms with Crippen LogP contribution in [0.5, 0.6) is 0 Å². The quantitative estimate of drug-likeness (QED) is 0.449. The monoisotopic (exact) mass is 311 g/mol. The van der Waals surface area contributed by atoms with E-state index in [1.54, 1.807) is 0 Å². The standard InChI is InChI=1S/C14H21N3O3S/c1-9(21-13-15-7-6-11(18)16-13)8-14(2,12(19)20-3)17-10-4-5-10/h6-7,9-10,17H,4-5,8H2,1-3H3,(H,15,16,18). The third kappa shape index (κ3) is 4.57. The zero-order chi connectivity index (χ0) is 15.5. The Kier molecular flexibility index (Phi) is 5.05. The number of nitrogens with one attached hydrogen (secondary N) is 2. The van der Waals surface area contributed by atoms with Crippen LogP contribution in [0.1, 0.15) is 33.1 Å². The average Bonchev–Trinajstić information content (AvgIpc) is 3.21. The van der Waals surface area contributed by atoms with Crippen LogP contribution >= 0.6 is 11.8 Å². The Bertz CT molecular complexity index is 558. The van der Waals surface area contributed by atoms with E-state index in [4.69, 9.17) is 4.74 Å². The van der Waals surface area contributed by atoms with Crippen LogP contribution in [0.2, 0.25) is 0 Å². The molecule has 21 heavy (non-hydrogen) atoms. The molecule has 1 aromatic rings. The minimum Gasteiger partial charge on any atom is -0.468 e. The van der Waals surface area contributed by atoms with Crippen LogP contribution < -0.4 is 10.9 Å². The highest BCUT2D eigenvalue weighted by Crippen LogP contribution is 2.30. The number of hydrogen-bond donors (Lipinski definition) is 2. The molecule has 2 rings (SSSR count). The number of H-pyrrole nitrogens is 1. The molecule has 116 valence electrons. The summed E-state index contributed by atoms with van der Waals surface area (Å²) in [6, 6.07) is 1.78. The number of methoxy groups -OCH3 is 1. The molecule has 0 radical (unpaired) electrons. The largest absolute Gasteiger partial charge is 0.468 e. The van der Waals surface area contributed by atoms with Gasteiger partial charge in [0.1, 0.15) is 5.54 Å². The van der Waals surface area contributed by atoms with E-state index in [0.717, 1.165) is 12.8 Å². The van der Waals surface area contributed by atoms with Gasteiger partial charge in [-0.05, 0) is 26.2 Å². The highest BCUT2D eigenvalue weighted by atomic mass is 32.2. The summed E-state index contributed by atoms with van der Waals surface area (Å²) in [7, 11) is 1.41. The Balaban J connectivity index is 2.01. The van der Waals surface area contributed by atoms with Crippen molar-refractivity contribution in [3.05, 3.63) is 22.6 Å². The van der Waals surface area contributed by atoms with Crippen molar-refractivity contribution in [1.82, 2.24) is 15.3 Å². The van der Waals surface area contributed by atoms with Crippen molar-refractivity contribution in [3.63, 3.8) is 0 Å². The maximum absolute atomic E-state index is 12.1. The van der Waals surface area contributed by atoms with Gasteiger partial charge in [-0.1, -0.05) is 18.7 Å². The van der Waals surface area contributed by atoms with Crippen LogP contribution in [-0.4, -0.2) is 39.9 Å². The first-order valence-electron chi connectivity index (χ1n) is 7.01. The van der Waals surface area contributed by atoms with Crippen LogP contribution in [0.4, 0.5) is 0 Å². The maximum Gasteiger partial charge on any atom is 0.325 e. The van der Waals surface area contributed by atoms with Gasteiger partial charge in [0.2, 0.25) is 0 Å². The van der Waals surface area contributed by atoms with Crippen molar-refractivity contribution >= 4 is 17.7 Å². The average molecular weight is 311 g/mol. The summed E-state index contributed by atoms with van der Waals surface area (Å²) in [5.74, 6) is -0.253. The number of rotatable bonds is 7. The molecule has 0 saturated heterocycles. The molecule has 1 heterocycles. The molecule has 0 bridgehead atoms. The highest BCUT2D eigenvalue weighted by Gasteiger charge is 2.40. The van der Waals surface area contributed by atoms with Crippen molar-refractivity contribution in [2.75, 3.05) is 7.11 Å². The van der Waals surface area contributed by atoms with Crippen LogP contribution in [0.3, 0.4) is 0 Å². The fraction of sp³-hybridized carbons (Fsp3) is 0.643. The van der Waals surface area contributed by atoms with Crippen LogP contribution in [0.25, 0.3) is 0 Å². The van der Waals surface area contributed by atoms with E-state index < -0.39 is 5.54 Å². The lowest BCUT2D eigenvalue weighted by Crippen LogP contribution is -2.52. The molecule has 2 atom stereocenters. The number of hydrogen-bond acceptors (Lipinski definition) is 6. The van der Waals surface area contributed by atoms with Gasteiger partial charge >= 0.3 is 5.97 Å². The van der Waals surface area contributed by atoms with E-state index in [2.05, 4.69) is 15.3 Å².